The molecule has 2 rings (SSSR count). The fourth-order valence-electron chi connectivity index (χ4n) is 2.28. The Morgan fingerprint density at radius 2 is 1.92 bits per heavy atom. The topological polar surface area (TPSA) is 72.5 Å². The molecule has 1 aromatic carbocycles. The normalized spacial score (nSPS) is 12.2. The number of carbonyl (C=O) groups excluding carboxylic acids is 1. The Labute approximate surface area is 146 Å². The highest BCUT2D eigenvalue weighted by Crippen LogP contribution is 2.27. The summed E-state index contributed by atoms with van der Waals surface area (Å²) in [5.74, 6) is -0.415. The van der Waals surface area contributed by atoms with Gasteiger partial charge in [-0.15, -0.1) is 11.3 Å². The number of aryl methyl sites for hydroxylation is 1. The van der Waals surface area contributed by atoms with Gasteiger partial charge in [0.2, 0.25) is 0 Å². The molecule has 0 saturated carbocycles. The smallest absolute Gasteiger partial charge is 0.348 e. The van der Waals surface area contributed by atoms with Gasteiger partial charge in [0, 0.05) is 6.54 Å². The number of carbonyl (C=O) groups is 1. The maximum atomic E-state index is 13.0. The lowest BCUT2D eigenvalue weighted by atomic mass is 10.2. The van der Waals surface area contributed by atoms with Crippen LogP contribution in [0.3, 0.4) is 0 Å². The van der Waals surface area contributed by atoms with E-state index in [9.17, 15) is 13.2 Å². The molecule has 1 N–H and O–H groups in total. The lowest BCUT2D eigenvalue weighted by Crippen LogP contribution is -2.46. The van der Waals surface area contributed by atoms with Gasteiger partial charge in [0.15, 0.2) is 9.84 Å². The van der Waals surface area contributed by atoms with Gasteiger partial charge in [0.05, 0.1) is 12.0 Å². The number of hydrogen-bond donors (Lipinski definition) is 1. The van der Waals surface area contributed by atoms with Crippen LogP contribution in [0.4, 0.5) is 0 Å². The van der Waals surface area contributed by atoms with Crippen molar-refractivity contribution in [2.24, 2.45) is 0 Å². The van der Waals surface area contributed by atoms with Gasteiger partial charge in [0.1, 0.15) is 9.75 Å². The second kappa shape index (κ2) is 7.04. The molecule has 0 spiro atoms. The summed E-state index contributed by atoms with van der Waals surface area (Å²) in [6.45, 7) is 5.28. The molecule has 24 heavy (non-hydrogen) atoms. The van der Waals surface area contributed by atoms with E-state index in [1.807, 2.05) is 6.07 Å². The van der Waals surface area contributed by atoms with Crippen LogP contribution in [0.15, 0.2) is 40.6 Å². The first-order valence-corrected chi connectivity index (χ1v) is 9.77. The Morgan fingerprint density at radius 1 is 1.25 bits per heavy atom. The van der Waals surface area contributed by atoms with Crippen molar-refractivity contribution in [2.75, 3.05) is 7.11 Å². The molecule has 5 nitrogen and oxygen atoms in total. The molecule has 0 radical (unpaired) electrons. The second-order valence-electron chi connectivity index (χ2n) is 5.90. The molecule has 0 amide bonds. The monoisotopic (exact) mass is 367 g/mol. The molecular formula is C17H21NO4S2. The minimum atomic E-state index is -3.58. The van der Waals surface area contributed by atoms with E-state index in [4.69, 9.17) is 4.74 Å². The highest BCUT2D eigenvalue weighted by Gasteiger charge is 2.36. The first-order chi connectivity index (χ1) is 11.2. The minimum absolute atomic E-state index is 0.256. The fraction of sp³-hybridized carbons (Fsp3) is 0.353. The van der Waals surface area contributed by atoms with Crippen LogP contribution in [0, 0.1) is 6.92 Å². The average molecular weight is 367 g/mol. The van der Waals surface area contributed by atoms with Crippen LogP contribution in [0.1, 0.15) is 34.6 Å². The summed E-state index contributed by atoms with van der Waals surface area (Å²) in [7, 11) is -2.26. The summed E-state index contributed by atoms with van der Waals surface area (Å²) in [6, 6.07) is 8.70. The molecule has 0 fully saturated rings. The number of hydrogen-bond acceptors (Lipinski definition) is 6. The van der Waals surface area contributed by atoms with E-state index in [1.54, 1.807) is 50.4 Å². The second-order valence-corrected chi connectivity index (χ2v) is 9.28. The third-order valence-corrected chi connectivity index (χ3v) is 7.34. The molecule has 1 aromatic heterocycles. The van der Waals surface area contributed by atoms with Crippen LogP contribution >= 0.6 is 11.3 Å². The Bertz CT molecular complexity index is 838. The van der Waals surface area contributed by atoms with E-state index in [0.717, 1.165) is 5.56 Å². The first-order valence-electron chi connectivity index (χ1n) is 7.40. The summed E-state index contributed by atoms with van der Waals surface area (Å²) in [5, 5.41) is 4.84. The van der Waals surface area contributed by atoms with E-state index >= 15 is 0 Å². The fourth-order valence-corrected chi connectivity index (χ4v) is 4.68. The van der Waals surface area contributed by atoms with Crippen LogP contribution in [0.5, 0.6) is 0 Å². The number of nitrogens with one attached hydrogen (secondary N) is 1. The van der Waals surface area contributed by atoms with E-state index in [1.165, 1.54) is 18.4 Å². The molecule has 130 valence electrons. The van der Waals surface area contributed by atoms with Crippen molar-refractivity contribution in [2.45, 2.75) is 37.1 Å². The van der Waals surface area contributed by atoms with Crippen LogP contribution in [-0.2, 0) is 21.1 Å². The van der Waals surface area contributed by atoms with Crippen LogP contribution in [0.25, 0.3) is 0 Å². The van der Waals surface area contributed by atoms with Gasteiger partial charge in [-0.3, -0.25) is 5.32 Å². The molecule has 0 bridgehead atoms. The molecule has 0 aliphatic heterocycles. The maximum Gasteiger partial charge on any atom is 0.348 e. The van der Waals surface area contributed by atoms with E-state index in [2.05, 4.69) is 5.32 Å². The maximum absolute atomic E-state index is 13.0. The molecule has 1 heterocycles. The van der Waals surface area contributed by atoms with Crippen molar-refractivity contribution in [3.63, 3.8) is 0 Å². The summed E-state index contributed by atoms with van der Waals surface area (Å²) in [5.41, 5.74) is 1.43. The number of methoxy groups -OCH3 is 1. The van der Waals surface area contributed by atoms with Crippen LogP contribution in [0.2, 0.25) is 0 Å². The largest absolute Gasteiger partial charge is 0.465 e. The third-order valence-electron chi connectivity index (χ3n) is 3.88. The molecule has 0 saturated heterocycles. The van der Waals surface area contributed by atoms with Gasteiger partial charge in [-0.2, -0.15) is 0 Å². The highest BCUT2D eigenvalue weighted by molar-refractivity contribution is 7.92. The van der Waals surface area contributed by atoms with Gasteiger partial charge >= 0.3 is 5.97 Å². The zero-order valence-corrected chi connectivity index (χ0v) is 15.8. The van der Waals surface area contributed by atoms with Crippen molar-refractivity contribution in [1.29, 1.82) is 0 Å². The highest BCUT2D eigenvalue weighted by atomic mass is 32.2. The van der Waals surface area contributed by atoms with Gasteiger partial charge in [-0.25, -0.2) is 13.2 Å². The number of thiophene rings is 1. The standard InChI is InChI=1S/C17H21NO4S2/c1-12-7-5-6-8-14(12)24(20,21)17(2,3)18-11-13-9-10-23-15(13)16(19)22-4/h5-10,18H,11H2,1-4H3. The summed E-state index contributed by atoms with van der Waals surface area (Å²) in [6.07, 6.45) is 0. The lowest BCUT2D eigenvalue weighted by Gasteiger charge is -2.27. The van der Waals surface area contributed by atoms with Crippen molar-refractivity contribution in [1.82, 2.24) is 5.32 Å². The van der Waals surface area contributed by atoms with Gasteiger partial charge in [0.25, 0.3) is 0 Å². The van der Waals surface area contributed by atoms with E-state index < -0.39 is 20.7 Å². The molecule has 0 unspecified atom stereocenters. The predicted octanol–water partition coefficient (Wildman–Crippen LogP) is 3.14. The third kappa shape index (κ3) is 3.53. The molecule has 2 aromatic rings. The first kappa shape index (κ1) is 18.6. The summed E-state index contributed by atoms with van der Waals surface area (Å²) < 4.78 is 30.7. The molecule has 7 heteroatoms. The summed E-state index contributed by atoms with van der Waals surface area (Å²) in [4.78, 5) is 11.3. The molecule has 0 aliphatic carbocycles. The average Bonchev–Trinajstić information content (AvgIpc) is 3.01. The van der Waals surface area contributed by atoms with Gasteiger partial charge in [-0.1, -0.05) is 18.2 Å². The van der Waals surface area contributed by atoms with Crippen molar-refractivity contribution >= 4 is 27.1 Å². The van der Waals surface area contributed by atoms with Crippen molar-refractivity contribution in [3.8, 4) is 0 Å². The SMILES string of the molecule is COC(=O)c1sccc1CNC(C)(C)S(=O)(=O)c1ccccc1C. The quantitative estimate of drug-likeness (QED) is 0.794. The molecule has 0 atom stereocenters. The van der Waals surface area contributed by atoms with E-state index in [0.29, 0.717) is 15.3 Å². The van der Waals surface area contributed by atoms with Gasteiger partial charge in [-0.05, 0) is 49.4 Å². The number of ether oxygens (including phenoxy) is 1. The number of rotatable bonds is 6. The summed E-state index contributed by atoms with van der Waals surface area (Å²) >= 11 is 1.28. The Kier molecular flexibility index (Phi) is 5.47. The Balaban J connectivity index is 2.25. The number of benzene rings is 1. The number of sulfone groups is 1. The van der Waals surface area contributed by atoms with Crippen LogP contribution < -0.4 is 5.32 Å². The van der Waals surface area contributed by atoms with Gasteiger partial charge < -0.3 is 4.74 Å². The van der Waals surface area contributed by atoms with Crippen molar-refractivity contribution in [3.05, 3.63) is 51.7 Å². The zero-order valence-electron chi connectivity index (χ0n) is 14.1. The Hall–Kier alpha value is -1.70. The molecule has 0 aliphatic rings. The van der Waals surface area contributed by atoms with E-state index in [-0.39, 0.29) is 6.54 Å². The zero-order chi connectivity index (χ0) is 18.0. The molecular weight excluding hydrogens is 346 g/mol. The predicted molar refractivity (Wildman–Crippen MR) is 94.9 cm³/mol. The Morgan fingerprint density at radius 3 is 2.54 bits per heavy atom. The minimum Gasteiger partial charge on any atom is -0.465 e. The van der Waals surface area contributed by atoms with Crippen molar-refractivity contribution < 1.29 is 17.9 Å². The number of esters is 1. The van der Waals surface area contributed by atoms with Crippen LogP contribution in [-0.4, -0.2) is 26.4 Å². The lowest BCUT2D eigenvalue weighted by molar-refractivity contribution is 0.0605.